The molecule has 1 spiro atoms. The van der Waals surface area contributed by atoms with Crippen LogP contribution < -0.4 is 5.73 Å². The van der Waals surface area contributed by atoms with Crippen LogP contribution in [0.2, 0.25) is 0 Å². The average Bonchev–Trinajstić information content (AvgIpc) is 2.92. The number of nitrogens with two attached hydrogens (primary N) is 1. The summed E-state index contributed by atoms with van der Waals surface area (Å²) >= 11 is 0. The van der Waals surface area contributed by atoms with Crippen molar-refractivity contribution in [2.24, 2.45) is 5.41 Å². The summed E-state index contributed by atoms with van der Waals surface area (Å²) in [6.45, 7) is 4.53. The molecular weight excluding hydrogens is 308 g/mol. The fraction of sp³-hybridized carbons (Fsp3) is 0.588. The number of nitrogens with zero attached hydrogens (tertiary/aromatic N) is 3. The van der Waals surface area contributed by atoms with Crippen molar-refractivity contribution >= 4 is 17.7 Å². The van der Waals surface area contributed by atoms with Gasteiger partial charge in [-0.3, -0.25) is 9.69 Å². The number of aliphatic carboxylic acids is 1. The smallest absolute Gasteiger partial charge is 0.326 e. The molecule has 7 heteroatoms. The van der Waals surface area contributed by atoms with Gasteiger partial charge in [0.2, 0.25) is 5.91 Å². The standard InChI is InChI=1S/C17H24N4O3/c1-12(22)21-11-17(9-14(21)16(23)24)4-7-20(8-5-17)10-13-3-2-6-19-15(13)18/h2-3,6,14H,4-5,7-11H2,1H3,(H2,18,19)(H,23,24). The lowest BCUT2D eigenvalue weighted by Gasteiger charge is -2.39. The molecule has 2 fully saturated rings. The first-order chi connectivity index (χ1) is 11.4. The van der Waals surface area contributed by atoms with E-state index in [0.717, 1.165) is 38.0 Å². The molecule has 3 heterocycles. The molecule has 130 valence electrons. The van der Waals surface area contributed by atoms with Crippen LogP contribution in [0.5, 0.6) is 0 Å². The van der Waals surface area contributed by atoms with Crippen molar-refractivity contribution in [2.45, 2.75) is 38.8 Å². The summed E-state index contributed by atoms with van der Waals surface area (Å²) in [5.41, 5.74) is 6.87. The zero-order chi connectivity index (χ0) is 17.3. The summed E-state index contributed by atoms with van der Waals surface area (Å²) in [4.78, 5) is 31.2. The minimum absolute atomic E-state index is 0.0638. The van der Waals surface area contributed by atoms with Gasteiger partial charge in [-0.05, 0) is 43.8 Å². The third kappa shape index (κ3) is 3.21. The lowest BCUT2D eigenvalue weighted by Crippen LogP contribution is -2.42. The molecule has 1 unspecified atom stereocenters. The van der Waals surface area contributed by atoms with Gasteiger partial charge in [0, 0.05) is 31.8 Å². The number of aromatic nitrogens is 1. The van der Waals surface area contributed by atoms with Gasteiger partial charge in [0.1, 0.15) is 11.9 Å². The highest BCUT2D eigenvalue weighted by atomic mass is 16.4. The van der Waals surface area contributed by atoms with Crippen LogP contribution >= 0.6 is 0 Å². The SMILES string of the molecule is CC(=O)N1CC2(CCN(Cc3cccnc3N)CC2)CC1C(=O)O. The van der Waals surface area contributed by atoms with E-state index in [1.807, 2.05) is 12.1 Å². The summed E-state index contributed by atoms with van der Waals surface area (Å²) in [7, 11) is 0. The van der Waals surface area contributed by atoms with E-state index in [2.05, 4.69) is 9.88 Å². The van der Waals surface area contributed by atoms with Crippen molar-refractivity contribution in [3.8, 4) is 0 Å². The minimum Gasteiger partial charge on any atom is -0.480 e. The zero-order valence-corrected chi connectivity index (χ0v) is 13.9. The Balaban J connectivity index is 1.63. The van der Waals surface area contributed by atoms with Gasteiger partial charge in [0.15, 0.2) is 0 Å². The van der Waals surface area contributed by atoms with Gasteiger partial charge in [-0.25, -0.2) is 9.78 Å². The maximum Gasteiger partial charge on any atom is 0.326 e. The molecule has 0 saturated carbocycles. The summed E-state index contributed by atoms with van der Waals surface area (Å²) in [5.74, 6) is -0.482. The molecule has 2 aliphatic heterocycles. The van der Waals surface area contributed by atoms with Crippen molar-refractivity contribution in [1.29, 1.82) is 0 Å². The molecule has 24 heavy (non-hydrogen) atoms. The second-order valence-electron chi connectivity index (χ2n) is 7.03. The number of carbonyl (C=O) groups is 2. The van der Waals surface area contributed by atoms with Gasteiger partial charge in [-0.15, -0.1) is 0 Å². The predicted molar refractivity (Wildman–Crippen MR) is 89.0 cm³/mol. The Bertz CT molecular complexity index is 616. The number of piperidine rings is 1. The first-order valence-electron chi connectivity index (χ1n) is 8.32. The van der Waals surface area contributed by atoms with Gasteiger partial charge in [0.05, 0.1) is 0 Å². The van der Waals surface area contributed by atoms with Crippen LogP contribution in [0.1, 0.15) is 31.7 Å². The highest BCUT2D eigenvalue weighted by Gasteiger charge is 2.49. The zero-order valence-electron chi connectivity index (χ0n) is 13.9. The fourth-order valence-corrected chi connectivity index (χ4v) is 3.98. The molecule has 0 radical (unpaired) electrons. The van der Waals surface area contributed by atoms with Gasteiger partial charge >= 0.3 is 5.97 Å². The van der Waals surface area contributed by atoms with Gasteiger partial charge in [-0.2, -0.15) is 0 Å². The number of carboxylic acid groups (broad SMARTS) is 1. The van der Waals surface area contributed by atoms with E-state index in [1.165, 1.54) is 11.8 Å². The molecule has 1 aromatic heterocycles. The molecular formula is C17H24N4O3. The molecule has 3 N–H and O–H groups in total. The van der Waals surface area contributed by atoms with Gasteiger partial charge in [-0.1, -0.05) is 6.07 Å². The monoisotopic (exact) mass is 332 g/mol. The van der Waals surface area contributed by atoms with E-state index in [1.54, 1.807) is 6.20 Å². The summed E-state index contributed by atoms with van der Waals surface area (Å²) in [6, 6.07) is 3.19. The maximum absolute atomic E-state index is 11.8. The van der Waals surface area contributed by atoms with Crippen molar-refractivity contribution in [1.82, 2.24) is 14.8 Å². The molecule has 0 bridgehead atoms. The Morgan fingerprint density at radius 3 is 2.67 bits per heavy atom. The number of hydrogen-bond donors (Lipinski definition) is 2. The number of amides is 1. The van der Waals surface area contributed by atoms with Gasteiger partial charge in [0.25, 0.3) is 0 Å². The predicted octanol–water partition coefficient (Wildman–Crippen LogP) is 0.951. The third-order valence-corrected chi connectivity index (χ3v) is 5.43. The molecule has 0 aliphatic carbocycles. The van der Waals surface area contributed by atoms with Crippen LogP contribution in [0, 0.1) is 5.41 Å². The van der Waals surface area contributed by atoms with Crippen molar-refractivity contribution in [3.05, 3.63) is 23.9 Å². The van der Waals surface area contributed by atoms with Crippen LogP contribution in [-0.4, -0.2) is 57.4 Å². The second-order valence-corrected chi connectivity index (χ2v) is 7.03. The first-order valence-corrected chi connectivity index (χ1v) is 8.32. The van der Waals surface area contributed by atoms with E-state index in [0.29, 0.717) is 18.8 Å². The number of pyridine rings is 1. The Labute approximate surface area is 141 Å². The minimum atomic E-state index is -0.896. The first kappa shape index (κ1) is 16.7. The normalized spacial score (nSPS) is 23.5. The topological polar surface area (TPSA) is 99.8 Å². The number of nitrogen functional groups attached to an aromatic ring is 1. The molecule has 7 nitrogen and oxygen atoms in total. The number of likely N-dealkylation sites (tertiary alicyclic amines) is 2. The van der Waals surface area contributed by atoms with Crippen LogP contribution in [-0.2, 0) is 16.1 Å². The molecule has 0 aromatic carbocycles. The van der Waals surface area contributed by atoms with E-state index in [4.69, 9.17) is 5.73 Å². The Morgan fingerprint density at radius 1 is 1.42 bits per heavy atom. The summed E-state index contributed by atoms with van der Waals surface area (Å²) in [6.07, 6.45) is 4.05. The fourth-order valence-electron chi connectivity index (χ4n) is 3.98. The molecule has 2 aliphatic rings. The highest BCUT2D eigenvalue weighted by Crippen LogP contribution is 2.43. The van der Waals surface area contributed by atoms with E-state index < -0.39 is 12.0 Å². The highest BCUT2D eigenvalue weighted by molar-refractivity contribution is 5.83. The van der Waals surface area contributed by atoms with Crippen LogP contribution in [0.15, 0.2) is 18.3 Å². The second kappa shape index (κ2) is 6.39. The Morgan fingerprint density at radius 2 is 2.12 bits per heavy atom. The number of rotatable bonds is 3. The van der Waals surface area contributed by atoms with E-state index >= 15 is 0 Å². The van der Waals surface area contributed by atoms with E-state index in [-0.39, 0.29) is 11.3 Å². The lowest BCUT2D eigenvalue weighted by molar-refractivity contribution is -0.147. The van der Waals surface area contributed by atoms with Crippen LogP contribution in [0.3, 0.4) is 0 Å². The lowest BCUT2D eigenvalue weighted by atomic mass is 9.76. The van der Waals surface area contributed by atoms with Gasteiger partial charge < -0.3 is 15.7 Å². The number of carboxylic acids is 1. The number of hydrogen-bond acceptors (Lipinski definition) is 5. The van der Waals surface area contributed by atoms with Crippen molar-refractivity contribution < 1.29 is 14.7 Å². The number of anilines is 1. The number of carbonyl (C=O) groups excluding carboxylic acids is 1. The summed E-state index contributed by atoms with van der Waals surface area (Å²) < 4.78 is 0. The quantitative estimate of drug-likeness (QED) is 0.855. The van der Waals surface area contributed by atoms with Crippen LogP contribution in [0.4, 0.5) is 5.82 Å². The van der Waals surface area contributed by atoms with Crippen molar-refractivity contribution in [3.63, 3.8) is 0 Å². The van der Waals surface area contributed by atoms with E-state index in [9.17, 15) is 14.7 Å². The average molecular weight is 332 g/mol. The Kier molecular flexibility index (Phi) is 4.45. The molecule has 3 rings (SSSR count). The summed E-state index contributed by atoms with van der Waals surface area (Å²) in [5, 5.41) is 9.40. The third-order valence-electron chi connectivity index (χ3n) is 5.43. The molecule has 1 amide bonds. The Hall–Kier alpha value is -2.15. The largest absolute Gasteiger partial charge is 0.480 e. The maximum atomic E-state index is 11.8. The molecule has 2 saturated heterocycles. The van der Waals surface area contributed by atoms with Crippen LogP contribution in [0.25, 0.3) is 0 Å². The molecule has 1 atom stereocenters. The molecule has 1 aromatic rings. The van der Waals surface area contributed by atoms with Crippen molar-refractivity contribution in [2.75, 3.05) is 25.4 Å².